The molecule has 0 aliphatic heterocycles. The Kier molecular flexibility index (Phi) is 21.3. The lowest BCUT2D eigenvalue weighted by Gasteiger charge is -2.35. The zero-order valence-electron chi connectivity index (χ0n) is 46.4. The molecule has 0 amide bonds. The van der Waals surface area contributed by atoms with Gasteiger partial charge in [0.2, 0.25) is 0 Å². The van der Waals surface area contributed by atoms with Gasteiger partial charge in [0, 0.05) is 18.4 Å². The van der Waals surface area contributed by atoms with E-state index >= 15 is 0 Å². The summed E-state index contributed by atoms with van der Waals surface area (Å²) >= 11 is 12.8. The summed E-state index contributed by atoms with van der Waals surface area (Å²) in [4.78, 5) is 0. The molecule has 14 rings (SSSR count). The Bertz CT molecular complexity index is 4250. The second-order valence-corrected chi connectivity index (χ2v) is 30.9. The highest BCUT2D eigenvalue weighted by molar-refractivity contribution is 14.1. The fourth-order valence-electron chi connectivity index (χ4n) is 11.3. The highest BCUT2D eigenvalue weighted by atomic mass is 127. The summed E-state index contributed by atoms with van der Waals surface area (Å²) in [7, 11) is -4.06. The lowest BCUT2D eigenvalue weighted by atomic mass is 10.1. The Morgan fingerprint density at radius 3 is 1.01 bits per heavy atom. The molecule has 0 spiro atoms. The van der Waals surface area contributed by atoms with E-state index < -0.39 is 16.9 Å². The molecule has 0 radical (unpaired) electrons. The standard InChI is InChI=1S/C34H25BrSi.C22H18Si.C12H8Br2.C10H7I.ClH.H2/c35-29-22-18-26(19-23-29)27-20-24-32(25-21-27)36(30-12-3-1-4-13-30,31-14-5-2-6-15-31)34-17-9-11-28-10-7-8-16-33(28)34;1-3-12-19(13-4-1)23(20-14-5-2-6-15-20)22-17-9-11-18-10-7-8-16-21(18)22;13-11-5-1-9(2-6-11)10-3-7-12(14)8-4-10;11-10-7-3-5-8-4-1-2-6-9(8)10;;/h1-25H;1-17,23H;1-8H;1-7H;2*1H. The molecular weight excluding hydrogens is 1400 g/mol. The minimum absolute atomic E-state index is 0. The largest absolute Gasteiger partial charge is 0.180 e. The van der Waals surface area contributed by atoms with Crippen LogP contribution in [0.25, 0.3) is 54.6 Å². The SMILES string of the molecule is Brc1ccc(-c2ccc(Br)cc2)cc1.Brc1ccc(-c2ccc([Si](c3ccccc3)(c3ccccc3)c3cccc4ccccc34)cc2)cc1.Cl.Ic1cccc2ccccc12.[HH].c1ccc([SiH](c2ccccc2)c2cccc3ccccc23)cc1. The highest BCUT2D eigenvalue weighted by Crippen LogP contribution is 2.26. The number of fused-ring (bicyclic) bond motifs is 3. The summed E-state index contributed by atoms with van der Waals surface area (Å²) in [5, 5.41) is 18.0. The van der Waals surface area contributed by atoms with Crippen LogP contribution in [0.5, 0.6) is 0 Å². The van der Waals surface area contributed by atoms with E-state index in [1.54, 1.807) is 0 Å². The molecule has 0 saturated heterocycles. The van der Waals surface area contributed by atoms with Gasteiger partial charge in [-0.15, -0.1) is 12.4 Å². The van der Waals surface area contributed by atoms with Gasteiger partial charge in [0.05, 0.1) is 0 Å². The van der Waals surface area contributed by atoms with Gasteiger partial charge in [-0.25, -0.2) is 0 Å². The van der Waals surface area contributed by atoms with E-state index in [1.165, 1.54) is 94.4 Å². The van der Waals surface area contributed by atoms with Crippen molar-refractivity contribution < 1.29 is 1.43 Å². The molecule has 0 heterocycles. The lowest BCUT2D eigenvalue weighted by molar-refractivity contribution is 1.58. The van der Waals surface area contributed by atoms with E-state index in [-0.39, 0.29) is 13.8 Å². The van der Waals surface area contributed by atoms with Crippen molar-refractivity contribution in [3.05, 3.63) is 363 Å². The Balaban J connectivity index is 0.000000150. The fourth-order valence-corrected chi connectivity index (χ4v) is 20.9. The Hall–Kier alpha value is -7.25. The number of halogens is 5. The van der Waals surface area contributed by atoms with E-state index in [9.17, 15) is 0 Å². The van der Waals surface area contributed by atoms with Gasteiger partial charge in [0.1, 0.15) is 8.80 Å². The zero-order valence-corrected chi connectivity index (χ0v) is 56.3. The van der Waals surface area contributed by atoms with Crippen LogP contribution in [-0.4, -0.2) is 16.9 Å². The first-order valence-corrected chi connectivity index (χ1v) is 35.2. The minimum atomic E-state index is -2.60. The number of rotatable bonds is 9. The molecule has 0 saturated carbocycles. The smallest absolute Gasteiger partial charge is 0.147 e. The van der Waals surface area contributed by atoms with Crippen molar-refractivity contribution in [1.29, 1.82) is 0 Å². The first kappa shape index (κ1) is 60.9. The Morgan fingerprint density at radius 1 is 0.271 bits per heavy atom. The summed E-state index contributed by atoms with van der Waals surface area (Å²) in [6.45, 7) is 0. The fraction of sp³-hybridized carbons (Fsp3) is 0. The quantitative estimate of drug-likeness (QED) is 0.0768. The summed E-state index contributed by atoms with van der Waals surface area (Å²) in [6, 6.07) is 125. The third-order valence-corrected chi connectivity index (χ3v) is 25.9. The van der Waals surface area contributed by atoms with Crippen LogP contribution in [0, 0.1) is 3.57 Å². The summed E-state index contributed by atoms with van der Waals surface area (Å²) in [6.07, 6.45) is 0. The van der Waals surface area contributed by atoms with E-state index in [0.717, 1.165) is 13.4 Å². The summed E-state index contributed by atoms with van der Waals surface area (Å²) in [5.41, 5.74) is 4.93. The molecular formula is C78H61Br3ClISi2. The van der Waals surface area contributed by atoms with Crippen molar-refractivity contribution >= 4 is 168 Å². The van der Waals surface area contributed by atoms with Gasteiger partial charge in [0.25, 0.3) is 0 Å². The first-order chi connectivity index (χ1) is 41.3. The molecule has 7 heteroatoms. The molecule has 0 aliphatic rings. The van der Waals surface area contributed by atoms with Gasteiger partial charge in [-0.3, -0.25) is 0 Å². The van der Waals surface area contributed by atoms with E-state index in [4.69, 9.17) is 0 Å². The van der Waals surface area contributed by atoms with Gasteiger partial charge in [-0.05, 0) is 146 Å². The van der Waals surface area contributed by atoms with Crippen LogP contribution >= 0.6 is 82.8 Å². The molecule has 0 N–H and O–H groups in total. The van der Waals surface area contributed by atoms with Gasteiger partial charge in [-0.2, -0.15) is 0 Å². The van der Waals surface area contributed by atoms with E-state index in [2.05, 4.69) is 416 Å². The van der Waals surface area contributed by atoms with Crippen molar-refractivity contribution in [3.8, 4) is 22.3 Å². The van der Waals surface area contributed by atoms with Crippen molar-refractivity contribution in [2.45, 2.75) is 0 Å². The van der Waals surface area contributed by atoms with Crippen LogP contribution in [-0.2, 0) is 0 Å². The van der Waals surface area contributed by atoms with Crippen LogP contribution < -0.4 is 36.3 Å². The van der Waals surface area contributed by atoms with Gasteiger partial charge in [-0.1, -0.05) is 361 Å². The molecule has 0 bridgehead atoms. The first-order valence-electron chi connectivity index (χ1n) is 28.0. The Labute approximate surface area is 549 Å². The molecule has 0 aromatic heterocycles. The molecule has 0 fully saturated rings. The predicted molar refractivity (Wildman–Crippen MR) is 397 cm³/mol. The average molecular weight is 1460 g/mol. The summed E-state index contributed by atoms with van der Waals surface area (Å²) in [5.74, 6) is 0. The van der Waals surface area contributed by atoms with Gasteiger partial charge < -0.3 is 0 Å². The van der Waals surface area contributed by atoms with Crippen molar-refractivity contribution in [3.63, 3.8) is 0 Å². The number of benzene rings is 14. The molecule has 14 aromatic carbocycles. The third kappa shape index (κ3) is 14.5. The number of hydrogen-bond donors (Lipinski definition) is 0. The second-order valence-electron chi connectivity index (χ2n) is 20.4. The number of hydrogen-bond acceptors (Lipinski definition) is 0. The average Bonchev–Trinajstić information content (AvgIpc) is 0.820. The monoisotopic (exact) mass is 1450 g/mol. The van der Waals surface area contributed by atoms with Gasteiger partial charge >= 0.3 is 0 Å². The van der Waals surface area contributed by atoms with Crippen LogP contribution in [0.3, 0.4) is 0 Å². The molecule has 0 aliphatic carbocycles. The Morgan fingerprint density at radius 2 is 0.576 bits per heavy atom. The maximum absolute atomic E-state index is 3.56. The minimum Gasteiger partial charge on any atom is -0.147 e. The van der Waals surface area contributed by atoms with Gasteiger partial charge in [0.15, 0.2) is 8.07 Å². The third-order valence-electron chi connectivity index (χ3n) is 15.3. The topological polar surface area (TPSA) is 0 Å². The van der Waals surface area contributed by atoms with Crippen molar-refractivity contribution in [2.24, 2.45) is 0 Å². The molecule has 0 unspecified atom stereocenters. The van der Waals surface area contributed by atoms with Crippen molar-refractivity contribution in [2.75, 3.05) is 0 Å². The van der Waals surface area contributed by atoms with E-state index in [0.29, 0.717) is 0 Å². The highest BCUT2D eigenvalue weighted by Gasteiger charge is 2.42. The maximum Gasteiger partial charge on any atom is 0.180 e. The molecule has 85 heavy (non-hydrogen) atoms. The zero-order chi connectivity index (χ0) is 57.5. The van der Waals surface area contributed by atoms with E-state index in [1.807, 2.05) is 0 Å². The predicted octanol–water partition coefficient (Wildman–Crippen LogP) is 18.7. The normalized spacial score (nSPS) is 10.8. The second kappa shape index (κ2) is 29.7. The molecule has 0 nitrogen and oxygen atoms in total. The molecule has 0 atom stereocenters. The van der Waals surface area contributed by atoms with Crippen LogP contribution in [0.15, 0.2) is 359 Å². The summed E-state index contributed by atoms with van der Waals surface area (Å²) < 4.78 is 4.64. The molecule has 416 valence electrons. The van der Waals surface area contributed by atoms with Crippen molar-refractivity contribution in [1.82, 2.24) is 0 Å². The lowest BCUT2D eigenvalue weighted by Crippen LogP contribution is -2.74. The van der Waals surface area contributed by atoms with Crippen LogP contribution in [0.1, 0.15) is 1.43 Å². The van der Waals surface area contributed by atoms with Crippen LogP contribution in [0.2, 0.25) is 0 Å². The maximum atomic E-state index is 3.56. The van der Waals surface area contributed by atoms with Crippen LogP contribution in [0.4, 0.5) is 0 Å². The molecule has 14 aromatic rings.